The summed E-state index contributed by atoms with van der Waals surface area (Å²) >= 11 is 0. The normalized spacial score (nSPS) is 15.1. The predicted molar refractivity (Wildman–Crippen MR) is 84.7 cm³/mol. The van der Waals surface area contributed by atoms with Gasteiger partial charge in [0.15, 0.2) is 0 Å². The molecule has 1 heterocycles. The van der Waals surface area contributed by atoms with Crippen LogP contribution in [0.15, 0.2) is 18.2 Å². The number of fused-ring (bicyclic) bond motifs is 1. The molecule has 0 bridgehead atoms. The van der Waals surface area contributed by atoms with Crippen molar-refractivity contribution in [1.82, 2.24) is 9.97 Å². The van der Waals surface area contributed by atoms with Crippen LogP contribution < -0.4 is 11.5 Å². The molecule has 2 rings (SSSR count). The number of aromatic nitrogens is 2. The van der Waals surface area contributed by atoms with E-state index in [-0.39, 0.29) is 11.3 Å². The zero-order chi connectivity index (χ0) is 15.8. The van der Waals surface area contributed by atoms with Gasteiger partial charge in [-0.15, -0.1) is 0 Å². The van der Waals surface area contributed by atoms with E-state index in [1.165, 1.54) is 5.56 Å². The van der Waals surface area contributed by atoms with Gasteiger partial charge in [0.25, 0.3) is 0 Å². The second kappa shape index (κ2) is 5.48. The van der Waals surface area contributed by atoms with E-state index < -0.39 is 12.0 Å². The van der Waals surface area contributed by atoms with Gasteiger partial charge in [0, 0.05) is 0 Å². The number of H-pyrrole nitrogens is 1. The third-order valence-electron chi connectivity index (χ3n) is 3.92. The van der Waals surface area contributed by atoms with Crippen molar-refractivity contribution in [2.45, 2.75) is 45.6 Å². The molecule has 0 aliphatic carbocycles. The molecule has 0 aliphatic heterocycles. The van der Waals surface area contributed by atoms with Crippen LogP contribution in [0.2, 0.25) is 0 Å². The molecule has 1 unspecified atom stereocenters. The van der Waals surface area contributed by atoms with E-state index in [0.29, 0.717) is 12.2 Å². The van der Waals surface area contributed by atoms with Gasteiger partial charge in [-0.3, -0.25) is 4.79 Å². The van der Waals surface area contributed by atoms with Crippen LogP contribution in [0.5, 0.6) is 0 Å². The lowest BCUT2D eigenvalue weighted by atomic mass is 9.87. The Kier molecular flexibility index (Phi) is 4.05. The lowest BCUT2D eigenvalue weighted by molar-refractivity contribution is -0.122. The number of aromatic amines is 1. The summed E-state index contributed by atoms with van der Waals surface area (Å²) in [6.07, 6.45) is 0.598. The molecule has 2 atom stereocenters. The number of nitrogens with one attached hydrogen (secondary N) is 1. The van der Waals surface area contributed by atoms with E-state index in [0.717, 1.165) is 11.0 Å². The fourth-order valence-corrected chi connectivity index (χ4v) is 2.48. The summed E-state index contributed by atoms with van der Waals surface area (Å²) in [4.78, 5) is 19.2. The summed E-state index contributed by atoms with van der Waals surface area (Å²) in [5.41, 5.74) is 14.6. The maximum atomic E-state index is 11.4. The molecule has 5 heteroatoms. The van der Waals surface area contributed by atoms with Gasteiger partial charge in [-0.2, -0.15) is 0 Å². The monoisotopic (exact) mass is 288 g/mol. The summed E-state index contributed by atoms with van der Waals surface area (Å²) in [7, 11) is 0. The van der Waals surface area contributed by atoms with Crippen molar-refractivity contribution in [3.05, 3.63) is 29.6 Å². The zero-order valence-electron chi connectivity index (χ0n) is 13.1. The Hall–Kier alpha value is -1.88. The third-order valence-corrected chi connectivity index (χ3v) is 3.92. The molecular weight excluding hydrogens is 264 g/mol. The minimum Gasteiger partial charge on any atom is -0.369 e. The van der Waals surface area contributed by atoms with Crippen LogP contribution in [0, 0.1) is 5.92 Å². The third kappa shape index (κ3) is 3.08. The van der Waals surface area contributed by atoms with Gasteiger partial charge in [0.05, 0.1) is 23.0 Å². The van der Waals surface area contributed by atoms with E-state index >= 15 is 0 Å². The van der Waals surface area contributed by atoms with Crippen LogP contribution in [0.25, 0.3) is 11.0 Å². The Balaban J connectivity index is 2.41. The molecule has 1 amide bonds. The summed E-state index contributed by atoms with van der Waals surface area (Å²) in [6, 6.07) is 5.64. The van der Waals surface area contributed by atoms with Crippen molar-refractivity contribution in [2.75, 3.05) is 0 Å². The number of imidazole rings is 1. The maximum Gasteiger partial charge on any atom is 0.222 e. The molecule has 0 fully saturated rings. The average Bonchev–Trinajstić information content (AvgIpc) is 2.80. The standard InChI is InChI=1S/C16H24N4O/c1-5-10(14(18)21)13(17)15-19-11-7-6-9(16(2,3)4)8-12(11)20-15/h6-8,10,13H,5,17H2,1-4H3,(H2,18,21)(H,19,20)/t10-,13?/m1/s1. The second-order valence-electron chi connectivity index (χ2n) is 6.55. The summed E-state index contributed by atoms with van der Waals surface area (Å²) in [5.74, 6) is -0.185. The molecule has 0 saturated carbocycles. The van der Waals surface area contributed by atoms with E-state index in [9.17, 15) is 4.79 Å². The molecule has 5 N–H and O–H groups in total. The van der Waals surface area contributed by atoms with Crippen LogP contribution in [-0.2, 0) is 10.2 Å². The number of hydrogen-bond donors (Lipinski definition) is 3. The lowest BCUT2D eigenvalue weighted by Gasteiger charge is -2.18. The quantitative estimate of drug-likeness (QED) is 0.805. The number of hydrogen-bond acceptors (Lipinski definition) is 3. The van der Waals surface area contributed by atoms with Crippen LogP contribution in [0.4, 0.5) is 0 Å². The number of amides is 1. The van der Waals surface area contributed by atoms with Gasteiger partial charge in [-0.05, 0) is 29.5 Å². The van der Waals surface area contributed by atoms with Crippen molar-refractivity contribution < 1.29 is 4.79 Å². The van der Waals surface area contributed by atoms with Crippen molar-refractivity contribution in [2.24, 2.45) is 17.4 Å². The first kappa shape index (κ1) is 15.5. The SMILES string of the molecule is CC[C@@H](C(N)=O)C(N)c1nc2ccc(C(C)(C)C)cc2[nH]1. The Labute approximate surface area is 125 Å². The largest absolute Gasteiger partial charge is 0.369 e. The van der Waals surface area contributed by atoms with Gasteiger partial charge < -0.3 is 16.5 Å². The van der Waals surface area contributed by atoms with E-state index in [1.54, 1.807) is 0 Å². The number of nitrogens with zero attached hydrogens (tertiary/aromatic N) is 1. The van der Waals surface area contributed by atoms with Gasteiger partial charge in [-0.1, -0.05) is 33.8 Å². The van der Waals surface area contributed by atoms with Crippen molar-refractivity contribution >= 4 is 16.9 Å². The zero-order valence-corrected chi connectivity index (χ0v) is 13.1. The summed E-state index contributed by atoms with van der Waals surface area (Å²) < 4.78 is 0. The Morgan fingerprint density at radius 2 is 2.05 bits per heavy atom. The Morgan fingerprint density at radius 3 is 2.57 bits per heavy atom. The topological polar surface area (TPSA) is 97.8 Å². The number of nitrogens with two attached hydrogens (primary N) is 2. The van der Waals surface area contributed by atoms with Crippen LogP contribution in [0.3, 0.4) is 0 Å². The molecule has 2 aromatic rings. The molecule has 21 heavy (non-hydrogen) atoms. The minimum absolute atomic E-state index is 0.0702. The number of primary amides is 1. The fourth-order valence-electron chi connectivity index (χ4n) is 2.48. The van der Waals surface area contributed by atoms with E-state index in [1.807, 2.05) is 13.0 Å². The van der Waals surface area contributed by atoms with Gasteiger partial charge in [-0.25, -0.2) is 4.98 Å². The van der Waals surface area contributed by atoms with Gasteiger partial charge >= 0.3 is 0 Å². The molecule has 5 nitrogen and oxygen atoms in total. The molecular formula is C16H24N4O. The van der Waals surface area contributed by atoms with Gasteiger partial charge in [0.2, 0.25) is 5.91 Å². The highest BCUT2D eigenvalue weighted by atomic mass is 16.1. The van der Waals surface area contributed by atoms with E-state index in [2.05, 4.69) is 42.9 Å². The Bertz CT molecular complexity index is 654. The molecule has 0 radical (unpaired) electrons. The molecule has 1 aromatic heterocycles. The van der Waals surface area contributed by atoms with Gasteiger partial charge in [0.1, 0.15) is 5.82 Å². The van der Waals surface area contributed by atoms with Crippen LogP contribution in [-0.4, -0.2) is 15.9 Å². The average molecular weight is 288 g/mol. The van der Waals surface area contributed by atoms with Crippen molar-refractivity contribution in [1.29, 1.82) is 0 Å². The first-order valence-electron chi connectivity index (χ1n) is 7.29. The van der Waals surface area contributed by atoms with Crippen LogP contribution >= 0.6 is 0 Å². The summed E-state index contributed by atoms with van der Waals surface area (Å²) in [5, 5.41) is 0. The number of rotatable bonds is 4. The molecule has 0 aliphatic rings. The van der Waals surface area contributed by atoms with E-state index in [4.69, 9.17) is 11.5 Å². The predicted octanol–water partition coefficient (Wildman–Crippen LogP) is 2.37. The number of benzene rings is 1. The highest BCUT2D eigenvalue weighted by Gasteiger charge is 2.25. The van der Waals surface area contributed by atoms with Crippen molar-refractivity contribution in [3.8, 4) is 0 Å². The smallest absolute Gasteiger partial charge is 0.222 e. The second-order valence-corrected chi connectivity index (χ2v) is 6.55. The molecule has 0 spiro atoms. The lowest BCUT2D eigenvalue weighted by Crippen LogP contribution is -2.33. The fraction of sp³-hybridized carbons (Fsp3) is 0.500. The highest BCUT2D eigenvalue weighted by molar-refractivity contribution is 5.79. The summed E-state index contributed by atoms with van der Waals surface area (Å²) in [6.45, 7) is 8.39. The molecule has 1 aromatic carbocycles. The maximum absolute atomic E-state index is 11.4. The minimum atomic E-state index is -0.502. The molecule has 0 saturated heterocycles. The molecule has 114 valence electrons. The first-order valence-corrected chi connectivity index (χ1v) is 7.29. The number of carbonyl (C=O) groups is 1. The van der Waals surface area contributed by atoms with Crippen molar-refractivity contribution in [3.63, 3.8) is 0 Å². The highest BCUT2D eigenvalue weighted by Crippen LogP contribution is 2.27. The van der Waals surface area contributed by atoms with Crippen LogP contribution in [0.1, 0.15) is 51.5 Å². The number of carbonyl (C=O) groups excluding carboxylic acids is 1. The first-order chi connectivity index (χ1) is 9.74. The Morgan fingerprint density at radius 1 is 1.38 bits per heavy atom.